The summed E-state index contributed by atoms with van der Waals surface area (Å²) in [6.45, 7) is 2.05. The van der Waals surface area contributed by atoms with E-state index in [4.69, 9.17) is 5.11 Å². The molecule has 0 aliphatic rings. The molecule has 1 rings (SSSR count). The van der Waals surface area contributed by atoms with Gasteiger partial charge in [-0.05, 0) is 36.6 Å². The smallest absolute Gasteiger partial charge is 0.225 e. The van der Waals surface area contributed by atoms with Crippen LogP contribution in [0.5, 0.6) is 0 Å². The lowest BCUT2D eigenvalue weighted by Gasteiger charge is -2.12. The first-order chi connectivity index (χ1) is 8.58. The fourth-order valence-corrected chi connectivity index (χ4v) is 2.01. The van der Waals surface area contributed by atoms with Gasteiger partial charge in [-0.15, -0.1) is 0 Å². The molecule has 0 aromatic heterocycles. The maximum Gasteiger partial charge on any atom is 0.225 e. The fraction of sp³-hybridized carbons (Fsp3) is 0.462. The largest absolute Gasteiger partial charge is 0.396 e. The number of carbonyl (C=O) groups excluding carboxylic acids is 1. The second-order valence-electron chi connectivity index (χ2n) is 4.06. The maximum atomic E-state index is 13.4. The molecule has 0 aliphatic carbocycles. The lowest BCUT2D eigenvalue weighted by atomic mass is 10.1. The maximum absolute atomic E-state index is 13.4. The molecular formula is C13H17BrFNO2. The van der Waals surface area contributed by atoms with E-state index in [1.807, 2.05) is 6.92 Å². The number of aliphatic hydroxyl groups is 1. The van der Waals surface area contributed by atoms with Crippen LogP contribution < -0.4 is 5.32 Å². The van der Waals surface area contributed by atoms with Gasteiger partial charge in [0.1, 0.15) is 5.82 Å². The molecule has 0 aliphatic heterocycles. The van der Waals surface area contributed by atoms with Crippen LogP contribution >= 0.6 is 15.9 Å². The summed E-state index contributed by atoms with van der Waals surface area (Å²) in [5.41, 5.74) is 0.557. The van der Waals surface area contributed by atoms with E-state index in [0.717, 1.165) is 4.47 Å². The summed E-state index contributed by atoms with van der Waals surface area (Å²) in [4.78, 5) is 11.6. The van der Waals surface area contributed by atoms with Crippen molar-refractivity contribution in [3.05, 3.63) is 34.1 Å². The number of hydrogen-bond donors (Lipinski definition) is 2. The van der Waals surface area contributed by atoms with E-state index >= 15 is 0 Å². The van der Waals surface area contributed by atoms with E-state index in [9.17, 15) is 9.18 Å². The molecule has 100 valence electrons. The number of hydrogen-bond acceptors (Lipinski definition) is 2. The van der Waals surface area contributed by atoms with Crippen molar-refractivity contribution in [3.63, 3.8) is 0 Å². The molecule has 3 nitrogen and oxygen atoms in total. The first kappa shape index (κ1) is 15.1. The standard InChI is InChI=1S/C13H17BrFNO2/c1-2-9(8-17)13(18)16-6-5-10-7-11(14)3-4-12(10)15/h3-4,7,9,17H,2,5-6,8H2,1H3,(H,16,18). The lowest BCUT2D eigenvalue weighted by Crippen LogP contribution is -2.33. The summed E-state index contributed by atoms with van der Waals surface area (Å²) in [7, 11) is 0. The molecule has 1 unspecified atom stereocenters. The predicted octanol–water partition coefficient (Wildman–Crippen LogP) is 2.27. The Kier molecular flexibility index (Phi) is 6.29. The summed E-state index contributed by atoms with van der Waals surface area (Å²) in [5, 5.41) is 11.7. The highest BCUT2D eigenvalue weighted by molar-refractivity contribution is 9.10. The molecule has 0 saturated heterocycles. The monoisotopic (exact) mass is 317 g/mol. The van der Waals surface area contributed by atoms with Gasteiger partial charge in [0.05, 0.1) is 12.5 Å². The average molecular weight is 318 g/mol. The van der Waals surface area contributed by atoms with Crippen LogP contribution in [0, 0.1) is 11.7 Å². The number of rotatable bonds is 6. The Hall–Kier alpha value is -0.940. The summed E-state index contributed by atoms with van der Waals surface area (Å²) >= 11 is 3.28. The molecule has 0 radical (unpaired) electrons. The Morgan fingerprint density at radius 3 is 2.89 bits per heavy atom. The van der Waals surface area contributed by atoms with E-state index in [2.05, 4.69) is 21.2 Å². The molecular weight excluding hydrogens is 301 g/mol. The third-order valence-corrected chi connectivity index (χ3v) is 3.28. The van der Waals surface area contributed by atoms with Gasteiger partial charge in [-0.1, -0.05) is 22.9 Å². The quantitative estimate of drug-likeness (QED) is 0.845. The Morgan fingerprint density at radius 1 is 1.56 bits per heavy atom. The van der Waals surface area contributed by atoms with Crippen molar-refractivity contribution in [1.29, 1.82) is 0 Å². The van der Waals surface area contributed by atoms with Crippen LogP contribution in [0.4, 0.5) is 4.39 Å². The normalized spacial score (nSPS) is 12.2. The molecule has 1 amide bonds. The molecule has 5 heteroatoms. The highest BCUT2D eigenvalue weighted by Crippen LogP contribution is 2.15. The molecule has 1 aromatic rings. The molecule has 0 fully saturated rings. The number of aliphatic hydroxyl groups excluding tert-OH is 1. The minimum Gasteiger partial charge on any atom is -0.396 e. The zero-order valence-electron chi connectivity index (χ0n) is 10.2. The third-order valence-electron chi connectivity index (χ3n) is 2.79. The van der Waals surface area contributed by atoms with Crippen molar-refractivity contribution in [2.75, 3.05) is 13.2 Å². The van der Waals surface area contributed by atoms with Crippen molar-refractivity contribution in [2.24, 2.45) is 5.92 Å². The van der Waals surface area contributed by atoms with Gasteiger partial charge in [-0.3, -0.25) is 4.79 Å². The zero-order chi connectivity index (χ0) is 13.5. The van der Waals surface area contributed by atoms with Crippen LogP contribution in [0.15, 0.2) is 22.7 Å². The Morgan fingerprint density at radius 2 is 2.28 bits per heavy atom. The van der Waals surface area contributed by atoms with E-state index in [1.54, 1.807) is 12.1 Å². The second kappa shape index (κ2) is 7.48. The SMILES string of the molecule is CCC(CO)C(=O)NCCc1cc(Br)ccc1F. The minimum absolute atomic E-state index is 0.159. The van der Waals surface area contributed by atoms with Gasteiger partial charge in [-0.2, -0.15) is 0 Å². The number of amides is 1. The highest BCUT2D eigenvalue weighted by Gasteiger charge is 2.14. The molecule has 0 heterocycles. The molecule has 1 atom stereocenters. The second-order valence-corrected chi connectivity index (χ2v) is 4.98. The van der Waals surface area contributed by atoms with E-state index < -0.39 is 0 Å². The molecule has 18 heavy (non-hydrogen) atoms. The minimum atomic E-state index is -0.377. The van der Waals surface area contributed by atoms with Gasteiger partial charge in [0.15, 0.2) is 0 Å². The van der Waals surface area contributed by atoms with Crippen LogP contribution in [-0.2, 0) is 11.2 Å². The highest BCUT2D eigenvalue weighted by atomic mass is 79.9. The first-order valence-corrected chi connectivity index (χ1v) is 6.70. The van der Waals surface area contributed by atoms with E-state index in [0.29, 0.717) is 24.9 Å². The van der Waals surface area contributed by atoms with Crippen LogP contribution in [0.2, 0.25) is 0 Å². The van der Waals surface area contributed by atoms with Gasteiger partial charge in [0, 0.05) is 11.0 Å². The van der Waals surface area contributed by atoms with Gasteiger partial charge >= 0.3 is 0 Å². The topological polar surface area (TPSA) is 49.3 Å². The molecule has 1 aromatic carbocycles. The fourth-order valence-electron chi connectivity index (χ4n) is 1.60. The molecule has 0 spiro atoms. The number of nitrogens with one attached hydrogen (secondary N) is 1. The van der Waals surface area contributed by atoms with E-state index in [-0.39, 0.29) is 24.2 Å². The van der Waals surface area contributed by atoms with Gasteiger partial charge < -0.3 is 10.4 Å². The average Bonchev–Trinajstić information content (AvgIpc) is 2.35. The zero-order valence-corrected chi connectivity index (χ0v) is 11.8. The van der Waals surface area contributed by atoms with Crippen molar-refractivity contribution in [3.8, 4) is 0 Å². The van der Waals surface area contributed by atoms with Crippen molar-refractivity contribution in [1.82, 2.24) is 5.32 Å². The predicted molar refractivity (Wildman–Crippen MR) is 71.7 cm³/mol. The first-order valence-electron chi connectivity index (χ1n) is 5.91. The van der Waals surface area contributed by atoms with Gasteiger partial charge in [0.2, 0.25) is 5.91 Å². The lowest BCUT2D eigenvalue weighted by molar-refractivity contribution is -0.126. The van der Waals surface area contributed by atoms with Crippen LogP contribution in [0.3, 0.4) is 0 Å². The Bertz CT molecular complexity index is 408. The third kappa shape index (κ3) is 4.38. The Balaban J connectivity index is 2.46. The number of halogens is 2. The number of carbonyl (C=O) groups is 1. The van der Waals surface area contributed by atoms with Crippen molar-refractivity contribution in [2.45, 2.75) is 19.8 Å². The van der Waals surface area contributed by atoms with Crippen LogP contribution in [0.25, 0.3) is 0 Å². The molecule has 0 saturated carbocycles. The van der Waals surface area contributed by atoms with Crippen molar-refractivity contribution >= 4 is 21.8 Å². The molecule has 2 N–H and O–H groups in total. The van der Waals surface area contributed by atoms with Gasteiger partial charge in [0.25, 0.3) is 0 Å². The summed E-state index contributed by atoms with van der Waals surface area (Å²) in [6.07, 6.45) is 1.02. The Labute approximate surface area is 115 Å². The summed E-state index contributed by atoms with van der Waals surface area (Å²) < 4.78 is 14.2. The number of benzene rings is 1. The summed E-state index contributed by atoms with van der Waals surface area (Å²) in [5.74, 6) is -0.839. The van der Waals surface area contributed by atoms with Gasteiger partial charge in [-0.25, -0.2) is 4.39 Å². The van der Waals surface area contributed by atoms with Crippen LogP contribution in [0.1, 0.15) is 18.9 Å². The van der Waals surface area contributed by atoms with E-state index in [1.165, 1.54) is 6.07 Å². The molecule has 0 bridgehead atoms. The van der Waals surface area contributed by atoms with Crippen molar-refractivity contribution < 1.29 is 14.3 Å². The summed E-state index contributed by atoms with van der Waals surface area (Å²) in [6, 6.07) is 4.73. The van der Waals surface area contributed by atoms with Crippen LogP contribution in [-0.4, -0.2) is 24.2 Å².